The van der Waals surface area contributed by atoms with Crippen LogP contribution in [0.4, 0.5) is 0 Å². The van der Waals surface area contributed by atoms with Crippen LogP contribution >= 0.6 is 11.6 Å². The monoisotopic (exact) mass is 479 g/mol. The molecule has 0 unspecified atom stereocenters. The molecule has 174 valence electrons. The predicted molar refractivity (Wildman–Crippen MR) is 127 cm³/mol. The van der Waals surface area contributed by atoms with Crippen molar-refractivity contribution in [1.29, 1.82) is 0 Å². The number of H-pyrrole nitrogens is 1. The first kappa shape index (κ1) is 24.5. The van der Waals surface area contributed by atoms with Crippen LogP contribution in [0, 0.1) is 12.8 Å². The van der Waals surface area contributed by atoms with Gasteiger partial charge >= 0.3 is 0 Å². The molecule has 1 aromatic heterocycles. The summed E-state index contributed by atoms with van der Waals surface area (Å²) in [6.07, 6.45) is 2.76. The molecule has 1 aliphatic rings. The highest BCUT2D eigenvalue weighted by atomic mass is 35.5. The van der Waals surface area contributed by atoms with E-state index in [2.05, 4.69) is 9.71 Å². The van der Waals surface area contributed by atoms with E-state index >= 15 is 0 Å². The van der Waals surface area contributed by atoms with Crippen molar-refractivity contribution in [2.75, 3.05) is 13.1 Å². The second-order valence-electron chi connectivity index (χ2n) is 9.21. The fourth-order valence-electron chi connectivity index (χ4n) is 3.80. The molecule has 1 amide bonds. The van der Waals surface area contributed by atoms with Crippen LogP contribution in [-0.2, 0) is 11.0 Å². The van der Waals surface area contributed by atoms with Crippen LogP contribution in [0.25, 0.3) is 0 Å². The van der Waals surface area contributed by atoms with Gasteiger partial charge < -0.3 is 15.0 Å². The Hall–Kier alpha value is -2.16. The minimum absolute atomic E-state index is 0.0469. The number of carbonyl (C=O) groups excluding carboxylic acids is 1. The van der Waals surface area contributed by atoms with E-state index in [1.54, 1.807) is 17.0 Å². The zero-order valence-corrected chi connectivity index (χ0v) is 20.3. The standard InChI is InChI=1S/C23H30ClN3O4S/c1-14-11-19(28)17(12-18(14)24)21(26-32(31)23(2,3)4)15-7-9-27(10-8-15)22(30)16-5-6-20(29)25-13-16/h5-6,11-13,15,21,26,28H,7-10H2,1-4H3,(H,25,29)/t21-,32+/m1/s1. The number of amides is 1. The van der Waals surface area contributed by atoms with E-state index in [1.165, 1.54) is 18.3 Å². The number of phenolic OH excluding ortho intramolecular Hbond substituents is 1. The lowest BCUT2D eigenvalue weighted by Crippen LogP contribution is -2.44. The second-order valence-corrected chi connectivity index (χ2v) is 11.6. The van der Waals surface area contributed by atoms with E-state index in [1.807, 2.05) is 27.7 Å². The third kappa shape index (κ3) is 5.60. The average molecular weight is 480 g/mol. The molecule has 0 spiro atoms. The summed E-state index contributed by atoms with van der Waals surface area (Å²) in [6.45, 7) is 8.52. The third-order valence-corrected chi connectivity index (χ3v) is 7.75. The maximum Gasteiger partial charge on any atom is 0.255 e. The number of carbonyl (C=O) groups is 1. The number of hydrogen-bond donors (Lipinski definition) is 3. The van der Waals surface area contributed by atoms with E-state index in [9.17, 15) is 18.9 Å². The maximum absolute atomic E-state index is 12.9. The van der Waals surface area contributed by atoms with Crippen LogP contribution in [0.15, 0.2) is 35.3 Å². The lowest BCUT2D eigenvalue weighted by atomic mass is 9.85. The number of aromatic nitrogens is 1. The Morgan fingerprint density at radius 3 is 2.50 bits per heavy atom. The normalized spacial score (nSPS) is 17.2. The molecule has 0 aliphatic carbocycles. The summed E-state index contributed by atoms with van der Waals surface area (Å²) in [5.74, 6) is 0.0244. The Bertz CT molecular complexity index is 1050. The fourth-order valence-corrected chi connectivity index (χ4v) is 4.87. The number of aromatic hydroxyl groups is 1. The quantitative estimate of drug-likeness (QED) is 0.608. The summed E-state index contributed by atoms with van der Waals surface area (Å²) in [7, 11) is -1.36. The van der Waals surface area contributed by atoms with Gasteiger partial charge in [0.2, 0.25) is 5.56 Å². The number of nitrogens with zero attached hydrogens (tertiary/aromatic N) is 1. The van der Waals surface area contributed by atoms with E-state index in [4.69, 9.17) is 11.6 Å². The molecule has 0 radical (unpaired) electrons. The van der Waals surface area contributed by atoms with E-state index in [0.717, 1.165) is 5.56 Å². The molecule has 2 heterocycles. The molecule has 2 aromatic rings. The molecule has 0 saturated carbocycles. The summed E-state index contributed by atoms with van der Waals surface area (Å²) < 4.78 is 15.7. The highest BCUT2D eigenvalue weighted by Gasteiger charge is 2.34. The third-order valence-electron chi connectivity index (χ3n) is 5.76. The highest BCUT2D eigenvalue weighted by molar-refractivity contribution is 7.84. The van der Waals surface area contributed by atoms with Crippen molar-refractivity contribution < 1.29 is 14.1 Å². The maximum atomic E-state index is 12.9. The minimum Gasteiger partial charge on any atom is -0.508 e. The molecule has 0 bridgehead atoms. The number of halogens is 1. The van der Waals surface area contributed by atoms with Crippen molar-refractivity contribution in [2.24, 2.45) is 5.92 Å². The zero-order chi connectivity index (χ0) is 23.6. The highest BCUT2D eigenvalue weighted by Crippen LogP contribution is 2.38. The van der Waals surface area contributed by atoms with E-state index in [-0.39, 0.29) is 29.2 Å². The zero-order valence-electron chi connectivity index (χ0n) is 18.8. The number of likely N-dealkylation sites (tertiary alicyclic amines) is 1. The Labute approximate surface area is 195 Å². The number of phenols is 1. The molecular formula is C23H30ClN3O4S. The van der Waals surface area contributed by atoms with Gasteiger partial charge in [0.1, 0.15) is 5.75 Å². The lowest BCUT2D eigenvalue weighted by molar-refractivity contribution is 0.0674. The van der Waals surface area contributed by atoms with Gasteiger partial charge in [0.05, 0.1) is 27.3 Å². The molecule has 1 fully saturated rings. The topological polar surface area (TPSA) is 102 Å². The van der Waals surface area contributed by atoms with Crippen LogP contribution in [0.5, 0.6) is 5.75 Å². The Balaban J connectivity index is 1.81. The number of benzene rings is 1. The van der Waals surface area contributed by atoms with Gasteiger partial charge in [0.25, 0.3) is 5.91 Å². The number of aryl methyl sites for hydroxylation is 1. The molecule has 1 saturated heterocycles. The number of pyridine rings is 1. The second kappa shape index (κ2) is 9.77. The Kier molecular flexibility index (Phi) is 7.47. The van der Waals surface area contributed by atoms with Crippen molar-refractivity contribution in [3.8, 4) is 5.75 Å². The van der Waals surface area contributed by atoms with Gasteiger partial charge in [-0.15, -0.1) is 0 Å². The first-order valence-corrected chi connectivity index (χ1v) is 12.1. The van der Waals surface area contributed by atoms with Gasteiger partial charge in [0, 0.05) is 35.9 Å². The summed E-state index contributed by atoms with van der Waals surface area (Å²) in [6, 6.07) is 5.85. The molecule has 32 heavy (non-hydrogen) atoms. The van der Waals surface area contributed by atoms with Crippen molar-refractivity contribution >= 4 is 28.5 Å². The van der Waals surface area contributed by atoms with Crippen molar-refractivity contribution in [2.45, 2.75) is 51.3 Å². The van der Waals surface area contributed by atoms with Gasteiger partial charge in [-0.05, 0) is 70.2 Å². The van der Waals surface area contributed by atoms with Gasteiger partial charge in [-0.25, -0.2) is 8.93 Å². The van der Waals surface area contributed by atoms with Crippen LogP contribution in [0.3, 0.4) is 0 Å². The van der Waals surface area contributed by atoms with Gasteiger partial charge in [-0.1, -0.05) is 11.6 Å². The number of piperidine rings is 1. The number of nitrogens with one attached hydrogen (secondary N) is 2. The summed E-state index contributed by atoms with van der Waals surface area (Å²) in [4.78, 5) is 28.3. The molecule has 1 aliphatic heterocycles. The SMILES string of the molecule is Cc1cc(O)c([C@H](N[S@@](=O)C(C)(C)C)C2CCN(C(=O)c3ccc(=O)[nH]c3)CC2)cc1Cl. The predicted octanol–water partition coefficient (Wildman–Crippen LogP) is 3.69. The van der Waals surface area contributed by atoms with E-state index in [0.29, 0.717) is 42.1 Å². The lowest BCUT2D eigenvalue weighted by Gasteiger charge is -2.37. The molecule has 3 rings (SSSR count). The van der Waals surface area contributed by atoms with Crippen LogP contribution in [0.1, 0.15) is 61.1 Å². The average Bonchev–Trinajstić information content (AvgIpc) is 2.74. The van der Waals surface area contributed by atoms with Gasteiger partial charge in [0.15, 0.2) is 0 Å². The van der Waals surface area contributed by atoms with Crippen molar-refractivity contribution in [3.63, 3.8) is 0 Å². The molecule has 3 N–H and O–H groups in total. The Morgan fingerprint density at radius 1 is 1.28 bits per heavy atom. The van der Waals surface area contributed by atoms with Gasteiger partial charge in [-0.3, -0.25) is 9.59 Å². The summed E-state index contributed by atoms with van der Waals surface area (Å²) in [5, 5.41) is 11.2. The first-order valence-electron chi connectivity index (χ1n) is 10.6. The van der Waals surface area contributed by atoms with Crippen LogP contribution in [0.2, 0.25) is 5.02 Å². The number of rotatable bonds is 5. The molecule has 9 heteroatoms. The first-order chi connectivity index (χ1) is 15.0. The molecular weight excluding hydrogens is 450 g/mol. The van der Waals surface area contributed by atoms with Crippen molar-refractivity contribution in [3.05, 3.63) is 62.5 Å². The van der Waals surface area contributed by atoms with Crippen molar-refractivity contribution in [1.82, 2.24) is 14.6 Å². The largest absolute Gasteiger partial charge is 0.508 e. The summed E-state index contributed by atoms with van der Waals surface area (Å²) >= 11 is 6.35. The fraction of sp³-hybridized carbons (Fsp3) is 0.478. The molecule has 1 aromatic carbocycles. The van der Waals surface area contributed by atoms with E-state index < -0.39 is 15.7 Å². The summed E-state index contributed by atoms with van der Waals surface area (Å²) in [5.41, 5.74) is 1.57. The van der Waals surface area contributed by atoms with Crippen LogP contribution < -0.4 is 10.3 Å². The van der Waals surface area contributed by atoms with Gasteiger partial charge in [-0.2, -0.15) is 0 Å². The molecule has 2 atom stereocenters. The number of hydrogen-bond acceptors (Lipinski definition) is 4. The Morgan fingerprint density at radius 2 is 1.94 bits per heavy atom. The number of aromatic amines is 1. The minimum atomic E-state index is -1.36. The smallest absolute Gasteiger partial charge is 0.255 e. The molecule has 7 nitrogen and oxygen atoms in total. The van der Waals surface area contributed by atoms with Crippen LogP contribution in [-0.4, -0.2) is 42.9 Å².